The molecule has 0 bridgehead atoms. The Labute approximate surface area is 142 Å². The highest BCUT2D eigenvalue weighted by Crippen LogP contribution is 2.24. The Bertz CT molecular complexity index is 668. The lowest BCUT2D eigenvalue weighted by Crippen LogP contribution is -2.51. The van der Waals surface area contributed by atoms with Gasteiger partial charge in [0.25, 0.3) is 5.91 Å². The first-order chi connectivity index (χ1) is 11.8. The first kappa shape index (κ1) is 15.3. The smallest absolute Gasteiger partial charge is 0.253 e. The van der Waals surface area contributed by atoms with Gasteiger partial charge in [0.1, 0.15) is 12.7 Å². The minimum Gasteiger partial charge on any atom is -0.336 e. The third-order valence-corrected chi connectivity index (χ3v) is 5.24. The van der Waals surface area contributed by atoms with Gasteiger partial charge in [-0.15, -0.1) is 0 Å². The molecule has 1 aromatic heterocycles. The average Bonchev–Trinajstić information content (AvgIpc) is 3.35. The van der Waals surface area contributed by atoms with Crippen molar-refractivity contribution in [3.63, 3.8) is 0 Å². The molecule has 2 aliphatic rings. The van der Waals surface area contributed by atoms with Gasteiger partial charge in [0.15, 0.2) is 0 Å². The summed E-state index contributed by atoms with van der Waals surface area (Å²) in [4.78, 5) is 21.2. The molecule has 4 rings (SSSR count). The molecule has 1 amide bonds. The summed E-state index contributed by atoms with van der Waals surface area (Å²) in [6.07, 6.45) is 8.54. The van der Waals surface area contributed by atoms with E-state index in [-0.39, 0.29) is 5.91 Å². The largest absolute Gasteiger partial charge is 0.336 e. The van der Waals surface area contributed by atoms with Crippen LogP contribution in [0.2, 0.25) is 0 Å². The van der Waals surface area contributed by atoms with Crippen LogP contribution in [-0.4, -0.2) is 62.7 Å². The van der Waals surface area contributed by atoms with Gasteiger partial charge in [-0.1, -0.05) is 12.8 Å². The second kappa shape index (κ2) is 6.73. The van der Waals surface area contributed by atoms with Crippen LogP contribution >= 0.6 is 0 Å². The molecule has 0 radical (unpaired) electrons. The number of carbonyl (C=O) groups excluding carboxylic acids is 1. The van der Waals surface area contributed by atoms with Crippen molar-refractivity contribution < 1.29 is 4.79 Å². The van der Waals surface area contributed by atoms with Gasteiger partial charge in [0, 0.05) is 37.8 Å². The van der Waals surface area contributed by atoms with E-state index in [4.69, 9.17) is 0 Å². The molecule has 1 aromatic carbocycles. The van der Waals surface area contributed by atoms with Crippen LogP contribution in [0.15, 0.2) is 36.9 Å². The summed E-state index contributed by atoms with van der Waals surface area (Å²) < 4.78 is 1.69. The molecular weight excluding hydrogens is 302 g/mol. The summed E-state index contributed by atoms with van der Waals surface area (Å²) in [5.74, 6) is 0.131. The van der Waals surface area contributed by atoms with E-state index in [1.807, 2.05) is 29.2 Å². The summed E-state index contributed by atoms with van der Waals surface area (Å²) >= 11 is 0. The molecule has 0 atom stereocenters. The number of hydrogen-bond acceptors (Lipinski definition) is 4. The van der Waals surface area contributed by atoms with Crippen LogP contribution in [0, 0.1) is 0 Å². The Morgan fingerprint density at radius 1 is 1.00 bits per heavy atom. The van der Waals surface area contributed by atoms with Gasteiger partial charge in [0.2, 0.25) is 0 Å². The Kier molecular flexibility index (Phi) is 4.30. The van der Waals surface area contributed by atoms with Gasteiger partial charge >= 0.3 is 0 Å². The number of benzene rings is 1. The fraction of sp³-hybridized carbons (Fsp3) is 0.500. The van der Waals surface area contributed by atoms with E-state index in [0.29, 0.717) is 0 Å². The maximum Gasteiger partial charge on any atom is 0.253 e. The van der Waals surface area contributed by atoms with Gasteiger partial charge in [-0.3, -0.25) is 9.69 Å². The average molecular weight is 325 g/mol. The fourth-order valence-corrected chi connectivity index (χ4v) is 3.84. The number of nitrogens with zero attached hydrogens (tertiary/aromatic N) is 5. The van der Waals surface area contributed by atoms with Gasteiger partial charge < -0.3 is 4.90 Å². The summed E-state index contributed by atoms with van der Waals surface area (Å²) in [5, 5.41) is 4.10. The molecule has 2 aromatic rings. The molecular formula is C18H23N5O. The van der Waals surface area contributed by atoms with Crippen LogP contribution < -0.4 is 0 Å². The highest BCUT2D eigenvalue weighted by Gasteiger charge is 2.28. The first-order valence-electron chi connectivity index (χ1n) is 8.80. The number of carbonyl (C=O) groups is 1. The summed E-state index contributed by atoms with van der Waals surface area (Å²) in [6, 6.07) is 8.34. The van der Waals surface area contributed by atoms with Gasteiger partial charge in [-0.05, 0) is 37.1 Å². The SMILES string of the molecule is O=C(c1ccc(-n2cncn2)cc1)N1CCN(C2CCCC2)CC1. The Morgan fingerprint density at radius 3 is 2.33 bits per heavy atom. The highest BCUT2D eigenvalue weighted by atomic mass is 16.2. The van der Waals surface area contributed by atoms with Crippen LogP contribution in [0.4, 0.5) is 0 Å². The van der Waals surface area contributed by atoms with E-state index >= 15 is 0 Å². The maximum atomic E-state index is 12.7. The molecule has 1 saturated heterocycles. The minimum absolute atomic E-state index is 0.131. The lowest BCUT2D eigenvalue weighted by Gasteiger charge is -2.38. The maximum absolute atomic E-state index is 12.7. The van der Waals surface area contributed by atoms with Crippen molar-refractivity contribution in [2.75, 3.05) is 26.2 Å². The van der Waals surface area contributed by atoms with E-state index in [1.165, 1.54) is 32.0 Å². The van der Waals surface area contributed by atoms with Crippen molar-refractivity contribution in [2.45, 2.75) is 31.7 Å². The van der Waals surface area contributed by atoms with Gasteiger partial charge in [-0.25, -0.2) is 9.67 Å². The van der Waals surface area contributed by atoms with Crippen LogP contribution in [-0.2, 0) is 0 Å². The molecule has 24 heavy (non-hydrogen) atoms. The highest BCUT2D eigenvalue weighted by molar-refractivity contribution is 5.94. The summed E-state index contributed by atoms with van der Waals surface area (Å²) in [7, 11) is 0. The minimum atomic E-state index is 0.131. The monoisotopic (exact) mass is 325 g/mol. The number of hydrogen-bond donors (Lipinski definition) is 0. The third-order valence-electron chi connectivity index (χ3n) is 5.24. The number of aromatic nitrogens is 3. The van der Waals surface area contributed by atoms with Crippen LogP contribution in [0.25, 0.3) is 5.69 Å². The van der Waals surface area contributed by atoms with E-state index in [1.54, 1.807) is 11.0 Å². The predicted molar refractivity (Wildman–Crippen MR) is 91.1 cm³/mol. The number of amides is 1. The van der Waals surface area contributed by atoms with Crippen LogP contribution in [0.1, 0.15) is 36.0 Å². The standard InChI is InChI=1S/C18H23N5O/c24-18(15-5-7-17(8-6-15)23-14-19-13-20-23)22-11-9-21(10-12-22)16-3-1-2-4-16/h5-8,13-14,16H,1-4,9-12H2. The van der Waals surface area contributed by atoms with Crippen molar-refractivity contribution in [3.05, 3.63) is 42.5 Å². The summed E-state index contributed by atoms with van der Waals surface area (Å²) in [5.41, 5.74) is 1.66. The van der Waals surface area contributed by atoms with E-state index in [0.717, 1.165) is 43.5 Å². The lowest BCUT2D eigenvalue weighted by atomic mass is 10.1. The number of piperazine rings is 1. The van der Waals surface area contributed by atoms with E-state index in [2.05, 4.69) is 15.0 Å². The van der Waals surface area contributed by atoms with Crippen molar-refractivity contribution >= 4 is 5.91 Å². The van der Waals surface area contributed by atoms with Crippen molar-refractivity contribution in [1.82, 2.24) is 24.6 Å². The number of rotatable bonds is 3. The molecule has 2 fully saturated rings. The zero-order valence-electron chi connectivity index (χ0n) is 13.8. The molecule has 6 heteroatoms. The Balaban J connectivity index is 1.37. The molecule has 1 saturated carbocycles. The van der Waals surface area contributed by atoms with Crippen molar-refractivity contribution in [1.29, 1.82) is 0 Å². The van der Waals surface area contributed by atoms with Crippen LogP contribution in [0.3, 0.4) is 0 Å². The molecule has 2 heterocycles. The van der Waals surface area contributed by atoms with Gasteiger partial charge in [-0.2, -0.15) is 5.10 Å². The molecule has 0 N–H and O–H groups in total. The molecule has 1 aliphatic carbocycles. The molecule has 6 nitrogen and oxygen atoms in total. The molecule has 0 unspecified atom stereocenters. The van der Waals surface area contributed by atoms with Crippen LogP contribution in [0.5, 0.6) is 0 Å². The second-order valence-electron chi connectivity index (χ2n) is 6.65. The quantitative estimate of drug-likeness (QED) is 0.866. The normalized spacial score (nSPS) is 19.8. The second-order valence-corrected chi connectivity index (χ2v) is 6.65. The molecule has 126 valence electrons. The Morgan fingerprint density at radius 2 is 1.71 bits per heavy atom. The van der Waals surface area contributed by atoms with Crippen molar-refractivity contribution in [3.8, 4) is 5.69 Å². The Hall–Kier alpha value is -2.21. The van der Waals surface area contributed by atoms with E-state index < -0.39 is 0 Å². The lowest BCUT2D eigenvalue weighted by molar-refractivity contribution is 0.0573. The summed E-state index contributed by atoms with van der Waals surface area (Å²) in [6.45, 7) is 3.68. The zero-order valence-corrected chi connectivity index (χ0v) is 13.8. The van der Waals surface area contributed by atoms with E-state index in [9.17, 15) is 4.79 Å². The van der Waals surface area contributed by atoms with Crippen molar-refractivity contribution in [2.24, 2.45) is 0 Å². The third kappa shape index (κ3) is 3.06. The molecule has 0 spiro atoms. The topological polar surface area (TPSA) is 54.3 Å². The first-order valence-corrected chi connectivity index (χ1v) is 8.80. The fourth-order valence-electron chi connectivity index (χ4n) is 3.84. The predicted octanol–water partition coefficient (Wildman–Crippen LogP) is 1.97. The van der Waals surface area contributed by atoms with Gasteiger partial charge in [0.05, 0.1) is 5.69 Å². The molecule has 1 aliphatic heterocycles. The zero-order chi connectivity index (χ0) is 16.4.